The van der Waals surface area contributed by atoms with E-state index in [2.05, 4.69) is 6.07 Å². The van der Waals surface area contributed by atoms with Crippen LogP contribution >= 0.6 is 23.4 Å². The van der Waals surface area contributed by atoms with Crippen LogP contribution in [0.4, 0.5) is 5.69 Å². The SMILES string of the molecule is Cc1cccc(CN2C(=O)[C@@]3(SCCN3C(=O)c3ccc(Cl)cc3)c3ccccc32)c1. The average molecular weight is 449 g/mol. The number of hydrogen-bond donors (Lipinski definition) is 0. The molecule has 2 aliphatic rings. The summed E-state index contributed by atoms with van der Waals surface area (Å²) in [6.45, 7) is 3.04. The molecule has 1 spiro atoms. The summed E-state index contributed by atoms with van der Waals surface area (Å²) in [5, 5.41) is 0.577. The lowest BCUT2D eigenvalue weighted by atomic mass is 10.0. The predicted octanol–water partition coefficient (Wildman–Crippen LogP) is 5.24. The lowest BCUT2D eigenvalue weighted by Crippen LogP contribution is -2.50. The van der Waals surface area contributed by atoms with Gasteiger partial charge in [0.25, 0.3) is 11.8 Å². The number of carbonyl (C=O) groups is 2. The molecule has 4 nitrogen and oxygen atoms in total. The second-order valence-electron chi connectivity index (χ2n) is 7.85. The van der Waals surface area contributed by atoms with E-state index in [0.29, 0.717) is 29.4 Å². The zero-order valence-corrected chi connectivity index (χ0v) is 18.6. The quantitative estimate of drug-likeness (QED) is 0.550. The van der Waals surface area contributed by atoms with Crippen molar-refractivity contribution in [3.8, 4) is 0 Å². The molecule has 31 heavy (non-hydrogen) atoms. The van der Waals surface area contributed by atoms with Crippen molar-refractivity contribution in [1.82, 2.24) is 4.90 Å². The minimum atomic E-state index is -1.03. The number of anilines is 1. The van der Waals surface area contributed by atoms with E-state index in [0.717, 1.165) is 22.4 Å². The first-order chi connectivity index (χ1) is 15.0. The molecule has 6 heteroatoms. The van der Waals surface area contributed by atoms with Gasteiger partial charge in [0.15, 0.2) is 4.87 Å². The molecule has 2 heterocycles. The Kier molecular flexibility index (Phi) is 5.03. The van der Waals surface area contributed by atoms with Gasteiger partial charge >= 0.3 is 0 Å². The molecule has 0 aromatic heterocycles. The van der Waals surface area contributed by atoms with Gasteiger partial charge in [-0.3, -0.25) is 9.59 Å². The second kappa shape index (κ2) is 7.74. The Bertz CT molecular complexity index is 1180. The zero-order chi connectivity index (χ0) is 21.6. The van der Waals surface area contributed by atoms with Crippen LogP contribution in [-0.2, 0) is 16.2 Å². The highest BCUT2D eigenvalue weighted by Gasteiger charge is 2.59. The van der Waals surface area contributed by atoms with Crippen molar-refractivity contribution in [3.63, 3.8) is 0 Å². The molecule has 1 saturated heterocycles. The minimum absolute atomic E-state index is 0.0555. The number of fused-ring (bicyclic) bond motifs is 2. The average Bonchev–Trinajstić information content (AvgIpc) is 3.31. The summed E-state index contributed by atoms with van der Waals surface area (Å²) in [4.78, 5) is 30.0. The van der Waals surface area contributed by atoms with E-state index in [1.807, 2.05) is 54.3 Å². The van der Waals surface area contributed by atoms with Crippen LogP contribution in [0.2, 0.25) is 5.02 Å². The fraction of sp³-hybridized carbons (Fsp3) is 0.200. The second-order valence-corrected chi connectivity index (χ2v) is 9.58. The van der Waals surface area contributed by atoms with Gasteiger partial charge in [0.2, 0.25) is 0 Å². The van der Waals surface area contributed by atoms with Crippen molar-refractivity contribution < 1.29 is 9.59 Å². The molecule has 0 unspecified atom stereocenters. The lowest BCUT2D eigenvalue weighted by Gasteiger charge is -2.33. The van der Waals surface area contributed by atoms with Crippen molar-refractivity contribution >= 4 is 40.9 Å². The number of amides is 2. The molecule has 3 aromatic carbocycles. The summed E-state index contributed by atoms with van der Waals surface area (Å²) in [6.07, 6.45) is 0. The maximum atomic E-state index is 14.0. The van der Waals surface area contributed by atoms with Crippen molar-refractivity contribution in [3.05, 3.63) is 100 Å². The van der Waals surface area contributed by atoms with E-state index >= 15 is 0 Å². The smallest absolute Gasteiger partial charge is 0.268 e. The Morgan fingerprint density at radius 1 is 1.06 bits per heavy atom. The minimum Gasteiger partial charge on any atom is -0.311 e. The highest BCUT2D eigenvalue weighted by atomic mass is 35.5. The van der Waals surface area contributed by atoms with E-state index in [4.69, 9.17) is 11.6 Å². The number of benzene rings is 3. The van der Waals surface area contributed by atoms with Crippen molar-refractivity contribution in [2.75, 3.05) is 17.2 Å². The van der Waals surface area contributed by atoms with Crippen molar-refractivity contribution in [2.24, 2.45) is 0 Å². The monoisotopic (exact) mass is 448 g/mol. The fourth-order valence-electron chi connectivity index (χ4n) is 4.47. The van der Waals surface area contributed by atoms with Crippen LogP contribution in [0.25, 0.3) is 0 Å². The zero-order valence-electron chi connectivity index (χ0n) is 17.0. The van der Waals surface area contributed by atoms with Crippen LogP contribution in [0.1, 0.15) is 27.0 Å². The van der Waals surface area contributed by atoms with Crippen molar-refractivity contribution in [2.45, 2.75) is 18.3 Å². The van der Waals surface area contributed by atoms with Crippen LogP contribution < -0.4 is 4.90 Å². The Balaban J connectivity index is 1.57. The first kappa shape index (κ1) is 20.2. The largest absolute Gasteiger partial charge is 0.311 e. The highest BCUT2D eigenvalue weighted by molar-refractivity contribution is 8.01. The maximum absolute atomic E-state index is 14.0. The molecule has 3 aromatic rings. The Morgan fingerprint density at radius 3 is 2.61 bits per heavy atom. The van der Waals surface area contributed by atoms with E-state index in [-0.39, 0.29) is 11.8 Å². The molecular weight excluding hydrogens is 428 g/mol. The number of carbonyl (C=O) groups excluding carboxylic acids is 2. The first-order valence-corrected chi connectivity index (χ1v) is 11.6. The van der Waals surface area contributed by atoms with Crippen LogP contribution in [0.5, 0.6) is 0 Å². The van der Waals surface area contributed by atoms with Crippen LogP contribution in [-0.4, -0.2) is 29.0 Å². The molecule has 2 aliphatic heterocycles. The molecule has 0 radical (unpaired) electrons. The standard InChI is InChI=1S/C25H21ClN2O2S/c1-17-5-4-6-18(15-17)16-27-22-8-3-2-7-21(22)25(24(27)30)28(13-14-31-25)23(29)19-9-11-20(26)12-10-19/h2-12,15H,13-14,16H2,1H3/t25-/m0/s1. The summed E-state index contributed by atoms with van der Waals surface area (Å²) < 4.78 is 0. The van der Waals surface area contributed by atoms with E-state index in [1.165, 1.54) is 0 Å². The number of nitrogens with zero attached hydrogens (tertiary/aromatic N) is 2. The summed E-state index contributed by atoms with van der Waals surface area (Å²) in [6, 6.07) is 22.9. The molecule has 0 N–H and O–H groups in total. The normalized spacial score (nSPS) is 19.9. The Labute approximate surface area is 190 Å². The number of aryl methyl sites for hydroxylation is 1. The van der Waals surface area contributed by atoms with Crippen molar-refractivity contribution in [1.29, 1.82) is 0 Å². The van der Waals surface area contributed by atoms with E-state index in [1.54, 1.807) is 40.9 Å². The number of rotatable bonds is 3. The highest BCUT2D eigenvalue weighted by Crippen LogP contribution is 2.54. The molecular formula is C25H21ClN2O2S. The maximum Gasteiger partial charge on any atom is 0.268 e. The predicted molar refractivity (Wildman–Crippen MR) is 125 cm³/mol. The molecule has 0 saturated carbocycles. The third-order valence-corrected chi connectivity index (χ3v) is 7.53. The molecule has 2 amide bonds. The van der Waals surface area contributed by atoms with Gasteiger partial charge < -0.3 is 9.80 Å². The van der Waals surface area contributed by atoms with E-state index < -0.39 is 4.87 Å². The van der Waals surface area contributed by atoms with Gasteiger partial charge in [-0.1, -0.05) is 59.6 Å². The Hall–Kier alpha value is -2.76. The number of halogens is 1. The molecule has 0 bridgehead atoms. The number of hydrogen-bond acceptors (Lipinski definition) is 3. The van der Waals surface area contributed by atoms with Gasteiger partial charge in [-0.25, -0.2) is 0 Å². The molecule has 1 fully saturated rings. The summed E-state index contributed by atoms with van der Waals surface area (Å²) >= 11 is 7.55. The van der Waals surface area contributed by atoms with Gasteiger partial charge in [-0.15, -0.1) is 11.8 Å². The third kappa shape index (κ3) is 3.24. The van der Waals surface area contributed by atoms with Crippen LogP contribution in [0, 0.1) is 6.92 Å². The third-order valence-electron chi connectivity index (χ3n) is 5.86. The number of para-hydroxylation sites is 1. The topological polar surface area (TPSA) is 40.6 Å². The van der Waals surface area contributed by atoms with Gasteiger partial charge in [0, 0.05) is 28.4 Å². The lowest BCUT2D eigenvalue weighted by molar-refractivity contribution is -0.123. The summed E-state index contributed by atoms with van der Waals surface area (Å²) in [5.41, 5.74) is 4.52. The molecule has 1 atom stereocenters. The van der Waals surface area contributed by atoms with E-state index in [9.17, 15) is 9.59 Å². The van der Waals surface area contributed by atoms with Gasteiger partial charge in [-0.05, 0) is 42.8 Å². The first-order valence-electron chi connectivity index (χ1n) is 10.2. The molecule has 156 valence electrons. The van der Waals surface area contributed by atoms with Gasteiger partial charge in [-0.2, -0.15) is 0 Å². The fourth-order valence-corrected chi connectivity index (χ4v) is 6.05. The number of thioether (sulfide) groups is 1. The van der Waals surface area contributed by atoms with Gasteiger partial charge in [0.05, 0.1) is 12.2 Å². The molecule has 5 rings (SSSR count). The summed E-state index contributed by atoms with van der Waals surface area (Å²) in [7, 11) is 0. The Morgan fingerprint density at radius 2 is 1.84 bits per heavy atom. The van der Waals surface area contributed by atoms with Gasteiger partial charge in [0.1, 0.15) is 0 Å². The van der Waals surface area contributed by atoms with Crippen LogP contribution in [0.15, 0.2) is 72.8 Å². The summed E-state index contributed by atoms with van der Waals surface area (Å²) in [5.74, 6) is 0.500. The molecule has 0 aliphatic carbocycles. The van der Waals surface area contributed by atoms with Crippen LogP contribution in [0.3, 0.4) is 0 Å².